The number of carbonyl (C=O) groups excluding carboxylic acids is 1. The van der Waals surface area contributed by atoms with E-state index >= 15 is 0 Å². The lowest BCUT2D eigenvalue weighted by Gasteiger charge is -2.25. The van der Waals surface area contributed by atoms with E-state index in [1.165, 1.54) is 12.1 Å². The Hall–Kier alpha value is -2.10. The van der Waals surface area contributed by atoms with Crippen LogP contribution in [-0.4, -0.2) is 61.7 Å². The number of thioether (sulfide) groups is 1. The molecule has 32 heavy (non-hydrogen) atoms. The first kappa shape index (κ1) is 23.1. The molecule has 0 saturated carbocycles. The van der Waals surface area contributed by atoms with Gasteiger partial charge in [-0.2, -0.15) is 0 Å². The maximum absolute atomic E-state index is 13.3. The number of benzene rings is 2. The molecular weight excluding hydrogens is 451 g/mol. The summed E-state index contributed by atoms with van der Waals surface area (Å²) in [7, 11) is -1.44. The van der Waals surface area contributed by atoms with Crippen molar-refractivity contribution in [3.05, 3.63) is 59.9 Å². The second kappa shape index (κ2) is 9.80. The van der Waals surface area contributed by atoms with Crippen LogP contribution in [-0.2, 0) is 21.2 Å². The van der Waals surface area contributed by atoms with E-state index in [1.807, 2.05) is 24.3 Å². The highest BCUT2D eigenvalue weighted by Crippen LogP contribution is 2.34. The Kier molecular flexibility index (Phi) is 7.07. The topological polar surface area (TPSA) is 75.7 Å². The third-order valence-corrected chi connectivity index (χ3v) is 8.89. The van der Waals surface area contributed by atoms with Gasteiger partial charge in [-0.1, -0.05) is 12.1 Å². The Morgan fingerprint density at radius 3 is 2.53 bits per heavy atom. The van der Waals surface area contributed by atoms with Gasteiger partial charge in [0.05, 0.1) is 24.7 Å². The molecule has 3 atom stereocenters. The third-order valence-electron chi connectivity index (χ3n) is 5.91. The average molecular weight is 479 g/mol. The lowest BCUT2D eigenvalue weighted by atomic mass is 10.1. The Balaban J connectivity index is 1.46. The van der Waals surface area contributed by atoms with E-state index in [4.69, 9.17) is 4.74 Å². The predicted octanol–water partition coefficient (Wildman–Crippen LogP) is 2.87. The first-order chi connectivity index (χ1) is 15.3. The summed E-state index contributed by atoms with van der Waals surface area (Å²) in [6, 6.07) is 13.5. The van der Waals surface area contributed by atoms with E-state index in [0.29, 0.717) is 25.9 Å². The monoisotopic (exact) mass is 478 g/mol. The molecule has 2 aliphatic heterocycles. The highest BCUT2D eigenvalue weighted by Gasteiger charge is 2.39. The van der Waals surface area contributed by atoms with E-state index in [9.17, 15) is 17.6 Å². The molecule has 2 saturated heterocycles. The molecule has 2 aromatic rings. The number of rotatable bonds is 7. The average Bonchev–Trinajstić information content (AvgIpc) is 3.32. The minimum atomic E-state index is -3.07. The minimum absolute atomic E-state index is 0.00739. The van der Waals surface area contributed by atoms with Crippen LogP contribution in [0.4, 0.5) is 4.39 Å². The Morgan fingerprint density at radius 1 is 1.19 bits per heavy atom. The van der Waals surface area contributed by atoms with E-state index in [0.717, 1.165) is 16.2 Å². The van der Waals surface area contributed by atoms with Gasteiger partial charge in [-0.3, -0.25) is 9.69 Å². The summed E-state index contributed by atoms with van der Waals surface area (Å²) in [5.41, 5.74) is 0.933. The molecule has 2 fully saturated rings. The Bertz CT molecular complexity index is 1040. The molecular formula is C23H27FN2O4S2. The fraction of sp³-hybridized carbons (Fsp3) is 0.435. The molecule has 0 radical (unpaired) electrons. The van der Waals surface area contributed by atoms with Crippen LogP contribution in [0.15, 0.2) is 53.4 Å². The molecule has 0 spiro atoms. The smallest absolute Gasteiger partial charge is 0.237 e. The lowest BCUT2D eigenvalue weighted by Crippen LogP contribution is -2.47. The standard InChI is InChI=1S/C23H27FN2O4S2/c1-30-19-6-8-20(9-7-19)31-21-12-22(23(27)25-18-10-11-32(28,29)15-18)26(14-21)13-16-2-4-17(24)5-3-16/h2-9,18,21-22H,10-15H2,1H3,(H,25,27)/t18?,21-,22+/m1/s1. The Morgan fingerprint density at radius 2 is 1.91 bits per heavy atom. The van der Waals surface area contributed by atoms with Crippen LogP contribution in [0, 0.1) is 5.82 Å². The largest absolute Gasteiger partial charge is 0.497 e. The molecule has 2 heterocycles. The number of carbonyl (C=O) groups is 1. The summed E-state index contributed by atoms with van der Waals surface area (Å²) >= 11 is 1.72. The molecule has 9 heteroatoms. The van der Waals surface area contributed by atoms with Crippen LogP contribution in [0.2, 0.25) is 0 Å². The number of amides is 1. The molecule has 1 N–H and O–H groups in total. The number of halogens is 1. The van der Waals surface area contributed by atoms with Crippen molar-refractivity contribution in [3.63, 3.8) is 0 Å². The first-order valence-electron chi connectivity index (χ1n) is 10.6. The highest BCUT2D eigenvalue weighted by molar-refractivity contribution is 8.00. The van der Waals surface area contributed by atoms with E-state index in [-0.39, 0.29) is 40.6 Å². The third kappa shape index (κ3) is 5.82. The van der Waals surface area contributed by atoms with Crippen LogP contribution in [0.3, 0.4) is 0 Å². The van der Waals surface area contributed by atoms with Crippen molar-refractivity contribution in [1.29, 1.82) is 0 Å². The maximum Gasteiger partial charge on any atom is 0.237 e. The number of hydrogen-bond donors (Lipinski definition) is 1. The summed E-state index contributed by atoms with van der Waals surface area (Å²) in [4.78, 5) is 16.3. The lowest BCUT2D eigenvalue weighted by molar-refractivity contribution is -0.126. The van der Waals surface area contributed by atoms with Gasteiger partial charge in [0.1, 0.15) is 11.6 Å². The van der Waals surface area contributed by atoms with Crippen molar-refractivity contribution in [2.75, 3.05) is 25.2 Å². The molecule has 2 aliphatic rings. The molecule has 0 bridgehead atoms. The van der Waals surface area contributed by atoms with Crippen molar-refractivity contribution in [1.82, 2.24) is 10.2 Å². The van der Waals surface area contributed by atoms with E-state index in [2.05, 4.69) is 10.2 Å². The van der Waals surface area contributed by atoms with Gasteiger partial charge in [0.15, 0.2) is 9.84 Å². The number of hydrogen-bond acceptors (Lipinski definition) is 6. The number of nitrogens with one attached hydrogen (secondary N) is 1. The quantitative estimate of drug-likeness (QED) is 0.660. The van der Waals surface area contributed by atoms with Crippen molar-refractivity contribution < 1.29 is 22.3 Å². The number of nitrogens with zero attached hydrogens (tertiary/aromatic N) is 1. The van der Waals surface area contributed by atoms with Gasteiger partial charge in [0, 0.05) is 29.3 Å². The zero-order valence-corrected chi connectivity index (χ0v) is 19.5. The normalized spacial score (nSPS) is 25.0. The van der Waals surface area contributed by atoms with Gasteiger partial charge < -0.3 is 10.1 Å². The van der Waals surface area contributed by atoms with Gasteiger partial charge in [-0.25, -0.2) is 12.8 Å². The fourth-order valence-electron chi connectivity index (χ4n) is 4.27. The van der Waals surface area contributed by atoms with Crippen LogP contribution in [0.25, 0.3) is 0 Å². The van der Waals surface area contributed by atoms with Crippen LogP contribution < -0.4 is 10.1 Å². The van der Waals surface area contributed by atoms with Crippen molar-refractivity contribution >= 4 is 27.5 Å². The molecule has 172 valence electrons. The number of likely N-dealkylation sites (tertiary alicyclic amines) is 1. The summed E-state index contributed by atoms with van der Waals surface area (Å²) in [5, 5.41) is 3.16. The summed E-state index contributed by atoms with van der Waals surface area (Å²) in [5.74, 6) is 0.500. The molecule has 1 unspecified atom stereocenters. The zero-order chi connectivity index (χ0) is 22.7. The summed E-state index contributed by atoms with van der Waals surface area (Å²) < 4.78 is 42.1. The zero-order valence-electron chi connectivity index (χ0n) is 17.9. The van der Waals surface area contributed by atoms with Crippen molar-refractivity contribution in [2.24, 2.45) is 0 Å². The van der Waals surface area contributed by atoms with Crippen molar-refractivity contribution in [2.45, 2.75) is 41.6 Å². The molecule has 0 aromatic heterocycles. The van der Waals surface area contributed by atoms with Crippen molar-refractivity contribution in [3.8, 4) is 5.75 Å². The van der Waals surface area contributed by atoms with Gasteiger partial charge >= 0.3 is 0 Å². The maximum atomic E-state index is 13.3. The number of sulfone groups is 1. The SMILES string of the molecule is COc1ccc(S[C@@H]2C[C@@H](C(=O)NC3CCS(=O)(=O)C3)N(Cc3ccc(F)cc3)C2)cc1. The minimum Gasteiger partial charge on any atom is -0.497 e. The first-order valence-corrected chi connectivity index (χ1v) is 13.3. The number of ether oxygens (including phenoxy) is 1. The number of methoxy groups -OCH3 is 1. The van der Waals surface area contributed by atoms with E-state index in [1.54, 1.807) is 31.0 Å². The van der Waals surface area contributed by atoms with Gasteiger partial charge in [-0.15, -0.1) is 11.8 Å². The second-order valence-corrected chi connectivity index (χ2v) is 11.9. The molecule has 1 amide bonds. The van der Waals surface area contributed by atoms with Gasteiger partial charge in [0.2, 0.25) is 5.91 Å². The predicted molar refractivity (Wildman–Crippen MR) is 123 cm³/mol. The van der Waals surface area contributed by atoms with Crippen LogP contribution in [0.1, 0.15) is 18.4 Å². The van der Waals surface area contributed by atoms with Crippen LogP contribution in [0.5, 0.6) is 5.75 Å². The molecule has 4 rings (SSSR count). The van der Waals surface area contributed by atoms with Crippen LogP contribution >= 0.6 is 11.8 Å². The Labute approximate surface area is 192 Å². The molecule has 6 nitrogen and oxygen atoms in total. The fourth-order valence-corrected chi connectivity index (χ4v) is 7.17. The summed E-state index contributed by atoms with van der Waals surface area (Å²) in [6.45, 7) is 1.23. The van der Waals surface area contributed by atoms with Gasteiger partial charge in [-0.05, 0) is 54.8 Å². The molecule has 0 aliphatic carbocycles. The van der Waals surface area contributed by atoms with Gasteiger partial charge in [0.25, 0.3) is 0 Å². The highest BCUT2D eigenvalue weighted by atomic mass is 32.2. The van der Waals surface area contributed by atoms with E-state index < -0.39 is 9.84 Å². The summed E-state index contributed by atoms with van der Waals surface area (Å²) in [6.07, 6.45) is 1.12. The molecule has 2 aromatic carbocycles. The second-order valence-electron chi connectivity index (χ2n) is 8.33.